The zero-order chi connectivity index (χ0) is 11.8. The van der Waals surface area contributed by atoms with E-state index >= 15 is 0 Å². The van der Waals surface area contributed by atoms with Gasteiger partial charge in [-0.3, -0.25) is 0 Å². The topological polar surface area (TPSA) is 101 Å². The van der Waals surface area contributed by atoms with E-state index in [1.54, 1.807) is 12.2 Å². The first-order valence-electron chi connectivity index (χ1n) is 4.35. The summed E-state index contributed by atoms with van der Waals surface area (Å²) in [5.74, 6) is -0.570. The van der Waals surface area contributed by atoms with Gasteiger partial charge >= 0.3 is 5.97 Å². The van der Waals surface area contributed by atoms with Crippen molar-refractivity contribution in [3.8, 4) is 0 Å². The van der Waals surface area contributed by atoms with Gasteiger partial charge in [-0.1, -0.05) is 17.3 Å². The molecule has 82 valence electrons. The monoisotopic (exact) mass is 219 g/mol. The third kappa shape index (κ3) is 3.39. The number of nitrogens with zero attached hydrogens (tertiary/aromatic N) is 5. The van der Waals surface area contributed by atoms with Crippen LogP contribution in [0.4, 0.5) is 0 Å². The van der Waals surface area contributed by atoms with E-state index in [1.165, 1.54) is 19.5 Å². The minimum Gasteiger partial charge on any atom is -0.463 e. The first-order valence-corrected chi connectivity index (χ1v) is 4.35. The second-order valence-corrected chi connectivity index (χ2v) is 2.65. The summed E-state index contributed by atoms with van der Waals surface area (Å²) in [6, 6.07) is 0. The number of ether oxygens (including phenoxy) is 1. The summed E-state index contributed by atoms with van der Waals surface area (Å²) in [7, 11) is 1.26. The van der Waals surface area contributed by atoms with Gasteiger partial charge in [-0.2, -0.15) is 0 Å². The number of carbonyl (C=O) groups excluding carboxylic acids is 1. The summed E-state index contributed by atoms with van der Waals surface area (Å²) in [4.78, 5) is 21.2. The molecule has 0 amide bonds. The Hall–Kier alpha value is -2.40. The molecule has 0 spiro atoms. The maximum absolute atomic E-state index is 11.0. The fourth-order valence-electron chi connectivity index (χ4n) is 0.893. The van der Waals surface area contributed by atoms with Crippen molar-refractivity contribution in [2.75, 3.05) is 13.7 Å². The van der Waals surface area contributed by atoms with Crippen LogP contribution in [0, 0.1) is 0 Å². The van der Waals surface area contributed by atoms with Gasteiger partial charge in [0, 0.05) is 29.4 Å². The van der Waals surface area contributed by atoms with Crippen molar-refractivity contribution >= 4 is 12.0 Å². The van der Waals surface area contributed by atoms with E-state index in [-0.39, 0.29) is 12.4 Å². The lowest BCUT2D eigenvalue weighted by atomic mass is 10.3. The van der Waals surface area contributed by atoms with Crippen LogP contribution in [0.1, 0.15) is 16.2 Å². The van der Waals surface area contributed by atoms with Crippen molar-refractivity contribution in [2.45, 2.75) is 0 Å². The Morgan fingerprint density at radius 2 is 2.31 bits per heavy atom. The summed E-state index contributed by atoms with van der Waals surface area (Å²) in [6.07, 6.45) is 6.31. The molecule has 7 heteroatoms. The van der Waals surface area contributed by atoms with Gasteiger partial charge in [0.2, 0.25) is 5.82 Å². The highest BCUT2D eigenvalue weighted by molar-refractivity contribution is 5.84. The van der Waals surface area contributed by atoms with Gasteiger partial charge < -0.3 is 4.74 Å². The predicted molar refractivity (Wildman–Crippen MR) is 56.4 cm³/mol. The van der Waals surface area contributed by atoms with Crippen LogP contribution in [0.5, 0.6) is 0 Å². The van der Waals surface area contributed by atoms with E-state index in [0.717, 1.165) is 0 Å². The Bertz CT molecular complexity index is 434. The highest BCUT2D eigenvalue weighted by atomic mass is 16.5. The molecule has 0 N–H and O–H groups in total. The largest absolute Gasteiger partial charge is 0.463 e. The highest BCUT2D eigenvalue weighted by Gasteiger charge is 2.06. The van der Waals surface area contributed by atoms with E-state index < -0.39 is 5.97 Å². The Labute approximate surface area is 91.4 Å². The van der Waals surface area contributed by atoms with Crippen LogP contribution in [0.25, 0.3) is 16.5 Å². The molecule has 0 saturated carbocycles. The predicted octanol–water partition coefficient (Wildman–Crippen LogP) is 1.59. The van der Waals surface area contributed by atoms with Crippen molar-refractivity contribution in [3.63, 3.8) is 0 Å². The molecule has 0 aliphatic heterocycles. The first-order chi connectivity index (χ1) is 7.77. The molecule has 1 aromatic heterocycles. The van der Waals surface area contributed by atoms with Crippen LogP contribution >= 0.6 is 0 Å². The maximum Gasteiger partial charge on any atom is 0.376 e. The summed E-state index contributed by atoms with van der Waals surface area (Å²) in [5.41, 5.74) is 8.75. The Balaban J connectivity index is 2.67. The van der Waals surface area contributed by atoms with Gasteiger partial charge in [0.1, 0.15) is 0 Å². The van der Waals surface area contributed by atoms with E-state index in [1.807, 2.05) is 0 Å². The fourth-order valence-corrected chi connectivity index (χ4v) is 0.893. The molecule has 7 nitrogen and oxygen atoms in total. The Kier molecular flexibility index (Phi) is 4.49. The number of carbonyl (C=O) groups is 1. The quantitative estimate of drug-likeness (QED) is 0.332. The molecule has 0 radical (unpaired) electrons. The van der Waals surface area contributed by atoms with E-state index in [9.17, 15) is 4.79 Å². The van der Waals surface area contributed by atoms with Crippen LogP contribution in [-0.4, -0.2) is 29.6 Å². The van der Waals surface area contributed by atoms with E-state index in [0.29, 0.717) is 5.56 Å². The van der Waals surface area contributed by atoms with Crippen LogP contribution in [0.3, 0.4) is 0 Å². The normalized spacial score (nSPS) is 9.81. The molecule has 0 atom stereocenters. The second-order valence-electron chi connectivity index (χ2n) is 2.65. The average molecular weight is 219 g/mol. The van der Waals surface area contributed by atoms with Gasteiger partial charge in [-0.15, -0.1) is 0 Å². The summed E-state index contributed by atoms with van der Waals surface area (Å²) in [6.45, 7) is 0.259. The first kappa shape index (κ1) is 11.7. The number of esters is 1. The molecule has 0 aromatic carbocycles. The fraction of sp³-hybridized carbons (Fsp3) is 0.222. The van der Waals surface area contributed by atoms with Gasteiger partial charge in [0.15, 0.2) is 0 Å². The smallest absolute Gasteiger partial charge is 0.376 e. The number of hydrogen-bond donors (Lipinski definition) is 0. The SMILES string of the molecule is COC(=O)c1ncc(C=CCN=[N+]=[N-])cn1. The molecule has 0 fully saturated rings. The minimum atomic E-state index is -0.579. The number of aromatic nitrogens is 2. The zero-order valence-electron chi connectivity index (χ0n) is 8.57. The lowest BCUT2D eigenvalue weighted by molar-refractivity contribution is 0.0586. The zero-order valence-corrected chi connectivity index (χ0v) is 8.57. The number of rotatable bonds is 4. The molecule has 1 heterocycles. The van der Waals surface area contributed by atoms with Crippen molar-refractivity contribution in [2.24, 2.45) is 5.11 Å². The van der Waals surface area contributed by atoms with Gasteiger partial charge in [-0.25, -0.2) is 14.8 Å². The standard InChI is InChI=1S/C9H9N5O2/c1-16-9(15)8-11-5-7(6-12-8)3-2-4-13-14-10/h2-3,5-6H,4H2,1H3. The third-order valence-electron chi connectivity index (χ3n) is 1.60. The average Bonchev–Trinajstić information content (AvgIpc) is 2.34. The number of azide groups is 1. The molecule has 16 heavy (non-hydrogen) atoms. The molecule has 0 aliphatic rings. The highest BCUT2D eigenvalue weighted by Crippen LogP contribution is 2.00. The molecule has 0 unspecified atom stereocenters. The van der Waals surface area contributed by atoms with E-state index in [2.05, 4.69) is 24.7 Å². The van der Waals surface area contributed by atoms with Crippen molar-refractivity contribution in [1.82, 2.24) is 9.97 Å². The maximum atomic E-state index is 11.0. The molecule has 0 saturated heterocycles. The Morgan fingerprint density at radius 3 is 2.88 bits per heavy atom. The lowest BCUT2D eigenvalue weighted by Gasteiger charge is -1.96. The van der Waals surface area contributed by atoms with Crippen molar-refractivity contribution < 1.29 is 9.53 Å². The molecular formula is C9H9N5O2. The molecular weight excluding hydrogens is 210 g/mol. The van der Waals surface area contributed by atoms with Gasteiger partial charge in [-0.05, 0) is 5.53 Å². The number of hydrogen-bond acceptors (Lipinski definition) is 5. The van der Waals surface area contributed by atoms with Crippen LogP contribution in [-0.2, 0) is 4.74 Å². The van der Waals surface area contributed by atoms with Crippen LogP contribution in [0.15, 0.2) is 23.6 Å². The summed E-state index contributed by atoms with van der Waals surface area (Å²) in [5, 5.41) is 3.32. The molecule has 0 aliphatic carbocycles. The van der Waals surface area contributed by atoms with E-state index in [4.69, 9.17) is 5.53 Å². The molecule has 0 bridgehead atoms. The molecule has 1 rings (SSSR count). The van der Waals surface area contributed by atoms with Gasteiger partial charge in [0.05, 0.1) is 7.11 Å². The second kappa shape index (κ2) is 6.15. The Morgan fingerprint density at radius 1 is 1.62 bits per heavy atom. The summed E-state index contributed by atoms with van der Waals surface area (Å²) >= 11 is 0. The third-order valence-corrected chi connectivity index (χ3v) is 1.60. The molecule has 1 aromatic rings. The van der Waals surface area contributed by atoms with Gasteiger partial charge in [0.25, 0.3) is 0 Å². The minimum absolute atomic E-state index is 0.00898. The van der Waals surface area contributed by atoms with Crippen LogP contribution < -0.4 is 0 Å². The lowest BCUT2D eigenvalue weighted by Crippen LogP contribution is -2.06. The summed E-state index contributed by atoms with van der Waals surface area (Å²) < 4.78 is 4.45. The van der Waals surface area contributed by atoms with Crippen molar-refractivity contribution in [3.05, 3.63) is 40.3 Å². The van der Waals surface area contributed by atoms with Crippen LogP contribution in [0.2, 0.25) is 0 Å². The van der Waals surface area contributed by atoms with Crippen molar-refractivity contribution in [1.29, 1.82) is 0 Å². The number of methoxy groups -OCH3 is 1.